The van der Waals surface area contributed by atoms with Gasteiger partial charge in [0.2, 0.25) is 0 Å². The number of aliphatic hydroxyl groups is 5. The van der Waals surface area contributed by atoms with Gasteiger partial charge in [-0.3, -0.25) is 9.59 Å². The summed E-state index contributed by atoms with van der Waals surface area (Å²) >= 11 is 0. The molecule has 59 heavy (non-hydrogen) atoms. The van der Waals surface area contributed by atoms with Crippen molar-refractivity contribution >= 4 is 29.8 Å². The SMILES string of the molecule is CC(=O)O[C@@]12COC1CC(O)[C@@]1(C)C(=O)C(O)C3=C(C)C(OC(=O)C(O)C(NC(=O)OC(C)(C)CO)c4ccccc4)C[C@@](O)(C(OC(=O)c4ccccc4)C21)C3(C)C. The first-order valence-electron chi connectivity index (χ1n) is 19.5. The standard InChI is InChI=1S/C43H53NO15/c1-22-26(56-37(52)32(49)30(24-14-10-8-11-15-24)44-38(53)59-39(3,4)20-45)19-43(54)35(57-36(51)25-16-12-9-13-17-25)33-41(7,34(50)31(48)29(22)40(43,5)6)27(47)18-28-42(33,21-55-28)58-23(2)46/h8-17,26-28,30-33,35,45,47-49,54H,18-21H2,1-7H3,(H,44,53)/t26?,27?,28?,30?,31?,32?,33?,35?,41-,42+,43-/m1/s1. The van der Waals surface area contributed by atoms with Crippen LogP contribution in [-0.2, 0) is 38.1 Å². The Kier molecular flexibility index (Phi) is 11.7. The van der Waals surface area contributed by atoms with Crippen LogP contribution in [0, 0.1) is 16.7 Å². The van der Waals surface area contributed by atoms with Gasteiger partial charge in [-0.2, -0.15) is 0 Å². The predicted molar refractivity (Wildman–Crippen MR) is 205 cm³/mol. The average Bonchev–Trinajstić information content (AvgIpc) is 3.18. The van der Waals surface area contributed by atoms with Gasteiger partial charge in [-0.15, -0.1) is 0 Å². The van der Waals surface area contributed by atoms with Crippen LogP contribution in [0.25, 0.3) is 0 Å². The second-order valence-corrected chi connectivity index (χ2v) is 17.4. The minimum atomic E-state index is -2.38. The Hall–Kier alpha value is -4.71. The second kappa shape index (κ2) is 15.7. The molecule has 4 aliphatic rings. The minimum Gasteiger partial charge on any atom is -0.456 e. The van der Waals surface area contributed by atoms with E-state index >= 15 is 0 Å². The van der Waals surface area contributed by atoms with Crippen molar-refractivity contribution in [3.8, 4) is 0 Å². The molecule has 2 saturated carbocycles. The Labute approximate surface area is 341 Å². The maximum Gasteiger partial charge on any atom is 0.408 e. The lowest BCUT2D eigenvalue weighted by Gasteiger charge is -2.67. The molecule has 320 valence electrons. The quantitative estimate of drug-likeness (QED) is 0.114. The van der Waals surface area contributed by atoms with Crippen molar-refractivity contribution < 1.29 is 73.2 Å². The molecule has 8 unspecified atom stereocenters. The van der Waals surface area contributed by atoms with Gasteiger partial charge in [-0.1, -0.05) is 62.4 Å². The first-order chi connectivity index (χ1) is 27.6. The van der Waals surface area contributed by atoms with E-state index in [-0.39, 0.29) is 35.3 Å². The maximum atomic E-state index is 15.0. The second-order valence-electron chi connectivity index (χ2n) is 17.4. The summed E-state index contributed by atoms with van der Waals surface area (Å²) in [6.45, 7) is 9.14. The van der Waals surface area contributed by atoms with Crippen molar-refractivity contribution in [1.29, 1.82) is 0 Å². The normalized spacial score (nSPS) is 33.3. The molecule has 3 fully saturated rings. The smallest absolute Gasteiger partial charge is 0.408 e. The zero-order chi connectivity index (χ0) is 43.5. The predicted octanol–water partition coefficient (Wildman–Crippen LogP) is 2.23. The van der Waals surface area contributed by atoms with Crippen LogP contribution in [0.15, 0.2) is 71.8 Å². The molecule has 2 bridgehead atoms. The van der Waals surface area contributed by atoms with E-state index in [2.05, 4.69) is 5.32 Å². The summed E-state index contributed by atoms with van der Waals surface area (Å²) in [5, 5.41) is 61.1. The number of nitrogens with one attached hydrogen (secondary N) is 1. The van der Waals surface area contributed by atoms with Crippen molar-refractivity contribution in [2.45, 2.75) is 121 Å². The number of carbonyl (C=O) groups is 5. The molecule has 1 amide bonds. The van der Waals surface area contributed by atoms with Gasteiger partial charge in [0.1, 0.15) is 35.6 Å². The summed E-state index contributed by atoms with van der Waals surface area (Å²) in [5.41, 5.74) is -8.74. The van der Waals surface area contributed by atoms with Crippen molar-refractivity contribution in [3.63, 3.8) is 0 Å². The largest absolute Gasteiger partial charge is 0.456 e. The molecule has 16 heteroatoms. The molecule has 2 aromatic carbocycles. The number of alkyl carbamates (subject to hydrolysis) is 1. The Morgan fingerprint density at radius 2 is 1.59 bits per heavy atom. The highest BCUT2D eigenvalue weighted by Crippen LogP contribution is 2.64. The van der Waals surface area contributed by atoms with Crippen molar-refractivity contribution in [2.24, 2.45) is 16.7 Å². The van der Waals surface area contributed by atoms with Gasteiger partial charge in [-0.05, 0) is 56.5 Å². The summed E-state index contributed by atoms with van der Waals surface area (Å²) in [5.74, 6) is -5.47. The Balaban J connectivity index is 1.48. The molecule has 0 aromatic heterocycles. The lowest BCUT2D eigenvalue weighted by molar-refractivity contribution is -0.346. The molecule has 1 saturated heterocycles. The Morgan fingerprint density at radius 3 is 2.15 bits per heavy atom. The first-order valence-corrected chi connectivity index (χ1v) is 19.5. The number of aliphatic hydroxyl groups excluding tert-OH is 4. The van der Waals surface area contributed by atoms with E-state index in [9.17, 15) is 49.5 Å². The molecule has 0 radical (unpaired) electrons. The van der Waals surface area contributed by atoms with Crippen molar-refractivity contribution in [3.05, 3.63) is 82.9 Å². The summed E-state index contributed by atoms with van der Waals surface area (Å²) < 4.78 is 29.4. The van der Waals surface area contributed by atoms with Gasteiger partial charge in [0, 0.05) is 25.2 Å². The molecule has 1 heterocycles. The Morgan fingerprint density at radius 1 is 0.983 bits per heavy atom. The highest BCUT2D eigenvalue weighted by Gasteiger charge is 2.78. The van der Waals surface area contributed by atoms with E-state index in [0.29, 0.717) is 0 Å². The number of Topliss-reactive ketones (excluding diaryl/α,β-unsaturated/α-hetero) is 1. The molecule has 11 atom stereocenters. The van der Waals surface area contributed by atoms with Crippen LogP contribution >= 0.6 is 0 Å². The van der Waals surface area contributed by atoms with E-state index in [4.69, 9.17) is 23.7 Å². The lowest BCUT2D eigenvalue weighted by Crippen LogP contribution is -2.81. The number of amides is 1. The van der Waals surface area contributed by atoms with E-state index in [0.717, 1.165) is 6.92 Å². The Bertz CT molecular complexity index is 2000. The number of rotatable bonds is 10. The van der Waals surface area contributed by atoms with Gasteiger partial charge >= 0.3 is 24.0 Å². The van der Waals surface area contributed by atoms with Crippen molar-refractivity contribution in [2.75, 3.05) is 13.2 Å². The number of ether oxygens (including phenoxy) is 5. The van der Waals surface area contributed by atoms with Gasteiger partial charge in [0.15, 0.2) is 17.5 Å². The number of hydrogen-bond acceptors (Lipinski definition) is 15. The van der Waals surface area contributed by atoms with E-state index in [1.165, 1.54) is 65.8 Å². The highest BCUT2D eigenvalue weighted by atomic mass is 16.6. The molecule has 1 aliphatic heterocycles. The topological polar surface area (TPSA) is 245 Å². The minimum absolute atomic E-state index is 0.0672. The highest BCUT2D eigenvalue weighted by molar-refractivity contribution is 5.94. The fraction of sp³-hybridized carbons (Fsp3) is 0.558. The molecule has 6 rings (SSSR count). The molecule has 6 N–H and O–H groups in total. The van der Waals surface area contributed by atoms with Crippen LogP contribution in [0.1, 0.15) is 83.3 Å². The molecule has 3 aliphatic carbocycles. The average molecular weight is 824 g/mol. The lowest BCUT2D eigenvalue weighted by atomic mass is 9.44. The summed E-state index contributed by atoms with van der Waals surface area (Å²) in [6.07, 6.45) is -11.8. The molecular formula is C43H53NO15. The van der Waals surface area contributed by atoms with Crippen LogP contribution in [-0.4, -0.2) is 122 Å². The number of esters is 3. The molecule has 16 nitrogen and oxygen atoms in total. The summed E-state index contributed by atoms with van der Waals surface area (Å²) in [4.78, 5) is 69.0. The monoisotopic (exact) mass is 823 g/mol. The number of ketones is 1. The van der Waals surface area contributed by atoms with Crippen molar-refractivity contribution in [1.82, 2.24) is 5.32 Å². The molecule has 2 aromatic rings. The van der Waals surface area contributed by atoms with E-state index in [1.807, 2.05) is 0 Å². The number of hydrogen-bond donors (Lipinski definition) is 6. The van der Waals surface area contributed by atoms with Crippen LogP contribution in [0.4, 0.5) is 4.79 Å². The number of fused-ring (bicyclic) bond motifs is 5. The number of carbonyl (C=O) groups excluding carboxylic acids is 5. The fourth-order valence-electron chi connectivity index (χ4n) is 9.56. The van der Waals surface area contributed by atoms with Crippen LogP contribution in [0.3, 0.4) is 0 Å². The fourth-order valence-corrected chi connectivity index (χ4v) is 9.56. The van der Waals surface area contributed by atoms with Crippen LogP contribution in [0.5, 0.6) is 0 Å². The third kappa shape index (κ3) is 7.33. The third-order valence-electron chi connectivity index (χ3n) is 12.9. The van der Waals surface area contributed by atoms with Gasteiger partial charge in [0.25, 0.3) is 0 Å². The molecule has 0 spiro atoms. The zero-order valence-corrected chi connectivity index (χ0v) is 34.0. The van der Waals surface area contributed by atoms with E-state index in [1.54, 1.807) is 36.4 Å². The zero-order valence-electron chi connectivity index (χ0n) is 34.0. The maximum absolute atomic E-state index is 15.0. The van der Waals surface area contributed by atoms with Crippen LogP contribution in [0.2, 0.25) is 0 Å². The first kappa shape index (κ1) is 43.9. The van der Waals surface area contributed by atoms with Crippen LogP contribution < -0.4 is 5.32 Å². The molecular weight excluding hydrogens is 770 g/mol. The number of benzene rings is 2. The summed E-state index contributed by atoms with van der Waals surface area (Å²) in [7, 11) is 0. The third-order valence-corrected chi connectivity index (χ3v) is 12.9. The van der Waals surface area contributed by atoms with Gasteiger partial charge in [0.05, 0.1) is 42.3 Å². The summed E-state index contributed by atoms with van der Waals surface area (Å²) in [6, 6.07) is 14.3. The van der Waals surface area contributed by atoms with Gasteiger partial charge in [-0.25, -0.2) is 14.4 Å². The van der Waals surface area contributed by atoms with E-state index < -0.39 is 119 Å². The van der Waals surface area contributed by atoms with Gasteiger partial charge < -0.3 is 54.5 Å².